The smallest absolute Gasteiger partial charge is 0.274 e. The zero-order chi connectivity index (χ0) is 16.8. The molecule has 0 amide bonds. The van der Waals surface area contributed by atoms with Crippen LogP contribution in [-0.2, 0) is 11.3 Å². The maximum absolute atomic E-state index is 12.4. The minimum atomic E-state index is -0.161. The quantitative estimate of drug-likeness (QED) is 0.795. The number of rotatable bonds is 4. The van der Waals surface area contributed by atoms with Gasteiger partial charge in [-0.15, -0.1) is 0 Å². The molecule has 6 nitrogen and oxygen atoms in total. The van der Waals surface area contributed by atoms with E-state index in [0.29, 0.717) is 35.9 Å². The molecular weight excluding hydrogens is 316 g/mol. The second-order valence-corrected chi connectivity index (χ2v) is 7.18. The minimum Gasteiger partial charge on any atom is -0.372 e. The number of H-pyrrole nitrogens is 1. The Morgan fingerprint density at radius 2 is 2.04 bits per heavy atom. The average Bonchev–Trinajstić information content (AvgIpc) is 3.36. The molecule has 0 spiro atoms. The van der Waals surface area contributed by atoms with Crippen molar-refractivity contribution in [2.75, 3.05) is 0 Å². The number of ether oxygens (including phenoxy) is 1. The highest BCUT2D eigenvalue weighted by atomic mass is 16.5. The van der Waals surface area contributed by atoms with Gasteiger partial charge in [-0.1, -0.05) is 30.3 Å². The van der Waals surface area contributed by atoms with Crippen molar-refractivity contribution in [3.05, 3.63) is 52.4 Å². The van der Waals surface area contributed by atoms with Gasteiger partial charge in [0.15, 0.2) is 5.82 Å². The minimum absolute atomic E-state index is 0.161. The number of benzene rings is 1. The molecular formula is C19H20N4O2. The van der Waals surface area contributed by atoms with Crippen molar-refractivity contribution in [2.24, 2.45) is 11.8 Å². The lowest BCUT2D eigenvalue weighted by Crippen LogP contribution is -2.22. The third-order valence-corrected chi connectivity index (χ3v) is 5.55. The van der Waals surface area contributed by atoms with E-state index in [9.17, 15) is 4.79 Å². The zero-order valence-electron chi connectivity index (χ0n) is 13.9. The fraction of sp³-hybridized carbons (Fsp3) is 0.421. The molecule has 2 saturated carbocycles. The van der Waals surface area contributed by atoms with E-state index in [0.717, 1.165) is 17.9 Å². The number of fused-ring (bicyclic) bond motifs is 3. The van der Waals surface area contributed by atoms with Gasteiger partial charge in [0.1, 0.15) is 0 Å². The summed E-state index contributed by atoms with van der Waals surface area (Å²) in [7, 11) is 0. The van der Waals surface area contributed by atoms with Crippen molar-refractivity contribution in [3.63, 3.8) is 0 Å². The van der Waals surface area contributed by atoms with Crippen LogP contribution >= 0.6 is 0 Å². The Hall–Kier alpha value is -2.47. The molecule has 3 atom stereocenters. The summed E-state index contributed by atoms with van der Waals surface area (Å²) in [6.45, 7) is 0.382. The highest BCUT2D eigenvalue weighted by Crippen LogP contribution is 2.46. The molecule has 2 heterocycles. The molecule has 2 aliphatic carbocycles. The van der Waals surface area contributed by atoms with Gasteiger partial charge in [-0.3, -0.25) is 9.89 Å². The Labute approximate surface area is 144 Å². The second kappa shape index (κ2) is 5.81. The molecule has 0 radical (unpaired) electrons. The van der Waals surface area contributed by atoms with Gasteiger partial charge in [0.2, 0.25) is 0 Å². The molecule has 2 fully saturated rings. The first-order valence-corrected chi connectivity index (χ1v) is 8.92. The van der Waals surface area contributed by atoms with Gasteiger partial charge in [0, 0.05) is 11.6 Å². The van der Waals surface area contributed by atoms with Crippen LogP contribution in [0.15, 0.2) is 41.2 Å². The van der Waals surface area contributed by atoms with Crippen LogP contribution in [0.1, 0.15) is 31.4 Å². The maximum Gasteiger partial charge on any atom is 0.274 e. The molecule has 0 saturated heterocycles. The highest BCUT2D eigenvalue weighted by Gasteiger charge is 2.40. The average molecular weight is 336 g/mol. The van der Waals surface area contributed by atoms with Crippen LogP contribution < -0.4 is 5.56 Å². The summed E-state index contributed by atoms with van der Waals surface area (Å²) in [5, 5.41) is 3.02. The number of hydrogen-bond acceptors (Lipinski definition) is 4. The molecule has 0 aliphatic heterocycles. The molecule has 1 aromatic carbocycles. The van der Waals surface area contributed by atoms with Crippen molar-refractivity contribution >= 4 is 5.78 Å². The molecule has 25 heavy (non-hydrogen) atoms. The van der Waals surface area contributed by atoms with Gasteiger partial charge in [0.25, 0.3) is 11.3 Å². The van der Waals surface area contributed by atoms with Crippen LogP contribution in [0.5, 0.6) is 0 Å². The summed E-state index contributed by atoms with van der Waals surface area (Å²) in [5.41, 5.74) is 1.41. The Balaban J connectivity index is 1.40. The van der Waals surface area contributed by atoms with Gasteiger partial charge in [-0.2, -0.15) is 9.50 Å². The maximum atomic E-state index is 12.4. The van der Waals surface area contributed by atoms with Crippen molar-refractivity contribution < 1.29 is 4.74 Å². The van der Waals surface area contributed by atoms with Gasteiger partial charge in [-0.05, 0) is 37.5 Å². The summed E-state index contributed by atoms with van der Waals surface area (Å²) in [6, 6.07) is 11.2. The Morgan fingerprint density at radius 1 is 1.16 bits per heavy atom. The van der Waals surface area contributed by atoms with Crippen LogP contribution in [0.2, 0.25) is 0 Å². The highest BCUT2D eigenvalue weighted by molar-refractivity contribution is 5.56. The Morgan fingerprint density at radius 3 is 2.80 bits per heavy atom. The van der Waals surface area contributed by atoms with E-state index in [4.69, 9.17) is 4.74 Å². The van der Waals surface area contributed by atoms with Gasteiger partial charge in [-0.25, -0.2) is 4.98 Å². The van der Waals surface area contributed by atoms with Crippen LogP contribution in [0, 0.1) is 11.8 Å². The third-order valence-electron chi connectivity index (χ3n) is 5.55. The summed E-state index contributed by atoms with van der Waals surface area (Å²) >= 11 is 0. The first-order valence-electron chi connectivity index (χ1n) is 8.92. The number of aromatic amines is 1. The second-order valence-electron chi connectivity index (χ2n) is 7.18. The van der Waals surface area contributed by atoms with E-state index < -0.39 is 0 Å². The third kappa shape index (κ3) is 2.66. The normalized spacial score (nSPS) is 25.0. The lowest BCUT2D eigenvalue weighted by molar-refractivity contribution is 0.00368. The van der Waals surface area contributed by atoms with Crippen LogP contribution in [0.4, 0.5) is 0 Å². The Kier molecular flexibility index (Phi) is 3.45. The van der Waals surface area contributed by atoms with E-state index in [2.05, 4.69) is 15.1 Å². The van der Waals surface area contributed by atoms with Crippen molar-refractivity contribution in [3.8, 4) is 11.4 Å². The van der Waals surface area contributed by atoms with Crippen LogP contribution in [0.3, 0.4) is 0 Å². The topological polar surface area (TPSA) is 72.3 Å². The molecule has 6 heteroatoms. The number of nitrogens with one attached hydrogen (secondary N) is 1. The van der Waals surface area contributed by atoms with E-state index in [-0.39, 0.29) is 5.56 Å². The van der Waals surface area contributed by atoms with E-state index >= 15 is 0 Å². The van der Waals surface area contributed by atoms with Crippen molar-refractivity contribution in [1.82, 2.24) is 19.6 Å². The molecule has 3 aromatic rings. The largest absolute Gasteiger partial charge is 0.372 e. The monoisotopic (exact) mass is 336 g/mol. The molecule has 1 N–H and O–H groups in total. The lowest BCUT2D eigenvalue weighted by atomic mass is 9.98. The predicted molar refractivity (Wildman–Crippen MR) is 93.1 cm³/mol. The molecule has 0 unspecified atom stereocenters. The molecule has 5 rings (SSSR count). The van der Waals surface area contributed by atoms with Gasteiger partial charge >= 0.3 is 0 Å². The van der Waals surface area contributed by atoms with E-state index in [1.54, 1.807) is 0 Å². The molecule has 2 aromatic heterocycles. The first kappa shape index (κ1) is 14.8. The van der Waals surface area contributed by atoms with E-state index in [1.165, 1.54) is 29.8 Å². The number of aromatic nitrogens is 4. The number of hydrogen-bond donors (Lipinski definition) is 1. The summed E-state index contributed by atoms with van der Waals surface area (Å²) in [5.74, 6) is 2.56. The molecule has 2 aliphatic rings. The Bertz CT molecular complexity index is 962. The first-order chi connectivity index (χ1) is 12.3. The standard InChI is InChI=1S/C19H20N4O2/c24-17-10-15(11-25-16-9-12-6-7-14(16)8-12)20-19-21-18(22-23(17)19)13-4-2-1-3-5-13/h1-5,10,12,14,16H,6-9,11H2,(H,20,21,22)/t12-,14+,16+/m0/s1. The predicted octanol–water partition coefficient (Wildman–Crippen LogP) is 2.79. The lowest BCUT2D eigenvalue weighted by Gasteiger charge is -2.21. The summed E-state index contributed by atoms with van der Waals surface area (Å²) < 4.78 is 7.45. The SMILES string of the molecule is O=c1cc(CO[C@@H]2C[C@H]3CC[C@@H]2C3)nc2nc(-c3ccccc3)[nH]n12. The molecule has 128 valence electrons. The summed E-state index contributed by atoms with van der Waals surface area (Å²) in [4.78, 5) is 21.3. The number of nitrogens with zero attached hydrogens (tertiary/aromatic N) is 3. The van der Waals surface area contributed by atoms with Crippen molar-refractivity contribution in [2.45, 2.75) is 38.4 Å². The van der Waals surface area contributed by atoms with Gasteiger partial charge < -0.3 is 4.74 Å². The van der Waals surface area contributed by atoms with Crippen LogP contribution in [-0.4, -0.2) is 25.7 Å². The van der Waals surface area contributed by atoms with Crippen LogP contribution in [0.25, 0.3) is 17.2 Å². The van der Waals surface area contributed by atoms with Gasteiger partial charge in [0.05, 0.1) is 18.4 Å². The summed E-state index contributed by atoms with van der Waals surface area (Å²) in [6.07, 6.45) is 5.43. The van der Waals surface area contributed by atoms with Crippen molar-refractivity contribution in [1.29, 1.82) is 0 Å². The zero-order valence-corrected chi connectivity index (χ0v) is 13.9. The fourth-order valence-electron chi connectivity index (χ4n) is 4.31. The van der Waals surface area contributed by atoms with E-state index in [1.807, 2.05) is 30.3 Å². The fourth-order valence-corrected chi connectivity index (χ4v) is 4.31. The molecule has 2 bridgehead atoms.